The lowest BCUT2D eigenvalue weighted by Gasteiger charge is -2.32. The van der Waals surface area contributed by atoms with Gasteiger partial charge in [0.25, 0.3) is 0 Å². The highest BCUT2D eigenvalue weighted by Crippen LogP contribution is 2.24. The highest BCUT2D eigenvalue weighted by atomic mass is 32.2. The van der Waals surface area contributed by atoms with Crippen LogP contribution < -0.4 is 5.32 Å². The topological polar surface area (TPSA) is 15.3 Å². The van der Waals surface area contributed by atoms with Crippen molar-refractivity contribution < 1.29 is 0 Å². The Bertz CT molecular complexity index is 402. The normalized spacial score (nSPS) is 20.1. The third-order valence-corrected chi connectivity index (χ3v) is 5.32. The third-order valence-electron chi connectivity index (χ3n) is 4.28. The predicted octanol–water partition coefficient (Wildman–Crippen LogP) is 4.15. The molecule has 1 aliphatic rings. The number of benzene rings is 1. The predicted molar refractivity (Wildman–Crippen MR) is 94.0 cm³/mol. The van der Waals surface area contributed by atoms with E-state index in [-0.39, 0.29) is 0 Å². The van der Waals surface area contributed by atoms with Gasteiger partial charge >= 0.3 is 0 Å². The Morgan fingerprint density at radius 2 is 2.00 bits per heavy atom. The number of nitrogens with zero attached hydrogens (tertiary/aromatic N) is 1. The molecule has 1 unspecified atom stereocenters. The Kier molecular flexibility index (Phi) is 7.08. The largest absolute Gasteiger partial charge is 0.310 e. The molecule has 0 spiro atoms. The molecule has 21 heavy (non-hydrogen) atoms. The van der Waals surface area contributed by atoms with Crippen LogP contribution in [0.4, 0.5) is 0 Å². The minimum Gasteiger partial charge on any atom is -0.310 e. The Hall–Kier alpha value is -0.510. The lowest BCUT2D eigenvalue weighted by atomic mass is 10.0. The average molecular weight is 307 g/mol. The summed E-state index contributed by atoms with van der Waals surface area (Å²) >= 11 is 2.00. The van der Waals surface area contributed by atoms with Gasteiger partial charge in [-0.2, -0.15) is 0 Å². The molecule has 1 fully saturated rings. The summed E-state index contributed by atoms with van der Waals surface area (Å²) in [4.78, 5) is 3.95. The van der Waals surface area contributed by atoms with Crippen LogP contribution in [0.3, 0.4) is 0 Å². The van der Waals surface area contributed by atoms with Crippen LogP contribution in [0.25, 0.3) is 0 Å². The number of hydrogen-bond acceptors (Lipinski definition) is 3. The van der Waals surface area contributed by atoms with E-state index in [0.29, 0.717) is 6.04 Å². The number of hydrogen-bond donors (Lipinski definition) is 1. The highest BCUT2D eigenvalue weighted by molar-refractivity contribution is 7.99. The standard InChI is InChI=1S/C18H30N2S/c1-15(2)19-14-16-7-9-18(10-8-16)21-13-11-17-6-4-5-12-20(17)3/h7-10,15,17,19H,4-6,11-14H2,1-3H3. The first-order valence-corrected chi connectivity index (χ1v) is 9.29. The van der Waals surface area contributed by atoms with Gasteiger partial charge in [0.05, 0.1) is 0 Å². The molecule has 3 heteroatoms. The summed E-state index contributed by atoms with van der Waals surface area (Å²) in [7, 11) is 2.28. The maximum Gasteiger partial charge on any atom is 0.0207 e. The zero-order valence-corrected chi connectivity index (χ0v) is 14.6. The minimum absolute atomic E-state index is 0.548. The van der Waals surface area contributed by atoms with Gasteiger partial charge in [0.2, 0.25) is 0 Å². The van der Waals surface area contributed by atoms with Crippen LogP contribution in [0, 0.1) is 0 Å². The smallest absolute Gasteiger partial charge is 0.0207 e. The lowest BCUT2D eigenvalue weighted by Crippen LogP contribution is -2.36. The van der Waals surface area contributed by atoms with Gasteiger partial charge in [0, 0.05) is 23.5 Å². The highest BCUT2D eigenvalue weighted by Gasteiger charge is 2.18. The van der Waals surface area contributed by atoms with E-state index in [9.17, 15) is 0 Å². The van der Waals surface area contributed by atoms with Crippen molar-refractivity contribution in [3.63, 3.8) is 0 Å². The number of piperidine rings is 1. The average Bonchev–Trinajstić information content (AvgIpc) is 2.48. The van der Waals surface area contributed by atoms with Crippen LogP contribution in [0.2, 0.25) is 0 Å². The van der Waals surface area contributed by atoms with Crippen molar-refractivity contribution in [1.29, 1.82) is 0 Å². The van der Waals surface area contributed by atoms with Gasteiger partial charge in [-0.25, -0.2) is 0 Å². The quantitative estimate of drug-likeness (QED) is 0.762. The van der Waals surface area contributed by atoms with Crippen molar-refractivity contribution in [1.82, 2.24) is 10.2 Å². The molecule has 0 amide bonds. The molecule has 1 N–H and O–H groups in total. The first-order valence-electron chi connectivity index (χ1n) is 8.30. The van der Waals surface area contributed by atoms with Crippen LogP contribution in [0.1, 0.15) is 45.1 Å². The Morgan fingerprint density at radius 3 is 2.67 bits per heavy atom. The summed E-state index contributed by atoms with van der Waals surface area (Å²) in [6, 6.07) is 10.4. The summed E-state index contributed by atoms with van der Waals surface area (Å²) in [6.45, 7) is 6.63. The second kappa shape index (κ2) is 8.82. The molecule has 1 aromatic rings. The molecular weight excluding hydrogens is 276 g/mol. The first-order chi connectivity index (χ1) is 10.1. The van der Waals surface area contributed by atoms with Crippen LogP contribution in [0.15, 0.2) is 29.2 Å². The van der Waals surface area contributed by atoms with Gasteiger partial charge in [-0.15, -0.1) is 11.8 Å². The van der Waals surface area contributed by atoms with Gasteiger partial charge < -0.3 is 10.2 Å². The Morgan fingerprint density at radius 1 is 1.24 bits per heavy atom. The fourth-order valence-electron chi connectivity index (χ4n) is 2.85. The van der Waals surface area contributed by atoms with Crippen molar-refractivity contribution in [2.45, 2.75) is 63.1 Å². The maximum atomic E-state index is 3.46. The zero-order valence-electron chi connectivity index (χ0n) is 13.8. The van der Waals surface area contributed by atoms with E-state index < -0.39 is 0 Å². The number of likely N-dealkylation sites (tertiary alicyclic amines) is 1. The molecule has 1 aliphatic heterocycles. The molecule has 0 aliphatic carbocycles. The fraction of sp³-hybridized carbons (Fsp3) is 0.667. The molecule has 1 saturated heterocycles. The molecular formula is C18H30N2S. The second-order valence-corrected chi connectivity index (χ2v) is 7.62. The fourth-order valence-corrected chi connectivity index (χ4v) is 3.80. The lowest BCUT2D eigenvalue weighted by molar-refractivity contribution is 0.182. The monoisotopic (exact) mass is 306 g/mol. The van der Waals surface area contributed by atoms with Crippen LogP contribution >= 0.6 is 11.8 Å². The molecule has 2 rings (SSSR count). The molecule has 0 radical (unpaired) electrons. The molecule has 118 valence electrons. The Balaban J connectivity index is 1.70. The van der Waals surface area contributed by atoms with Crippen molar-refractivity contribution in [2.75, 3.05) is 19.3 Å². The first kappa shape index (κ1) is 16.9. The number of thioether (sulfide) groups is 1. The summed E-state index contributed by atoms with van der Waals surface area (Å²) in [5, 5.41) is 3.46. The van der Waals surface area contributed by atoms with Gasteiger partial charge in [-0.05, 0) is 56.3 Å². The molecule has 0 saturated carbocycles. The van der Waals surface area contributed by atoms with Crippen LogP contribution in [-0.4, -0.2) is 36.3 Å². The summed E-state index contributed by atoms with van der Waals surface area (Å²) < 4.78 is 0. The van der Waals surface area contributed by atoms with Crippen LogP contribution in [0.5, 0.6) is 0 Å². The van der Waals surface area contributed by atoms with E-state index in [2.05, 4.69) is 55.4 Å². The van der Waals surface area contributed by atoms with E-state index in [1.165, 1.54) is 48.4 Å². The summed E-state index contributed by atoms with van der Waals surface area (Å²) in [5.74, 6) is 1.23. The van der Waals surface area contributed by atoms with Crippen molar-refractivity contribution in [3.8, 4) is 0 Å². The SMILES string of the molecule is CC(C)NCc1ccc(SCCC2CCCCN2C)cc1. The second-order valence-electron chi connectivity index (χ2n) is 6.45. The van der Waals surface area contributed by atoms with E-state index in [4.69, 9.17) is 0 Å². The summed E-state index contributed by atoms with van der Waals surface area (Å²) in [5.41, 5.74) is 1.38. The van der Waals surface area contributed by atoms with Gasteiger partial charge in [-0.3, -0.25) is 0 Å². The van der Waals surface area contributed by atoms with Crippen LogP contribution in [-0.2, 0) is 6.54 Å². The molecule has 1 atom stereocenters. The van der Waals surface area contributed by atoms with Gasteiger partial charge in [0.15, 0.2) is 0 Å². The van der Waals surface area contributed by atoms with E-state index >= 15 is 0 Å². The third kappa shape index (κ3) is 6.01. The molecule has 1 heterocycles. The number of nitrogens with one attached hydrogen (secondary N) is 1. The van der Waals surface area contributed by atoms with Crippen molar-refractivity contribution >= 4 is 11.8 Å². The summed E-state index contributed by atoms with van der Waals surface area (Å²) in [6.07, 6.45) is 5.50. The zero-order chi connectivity index (χ0) is 15.1. The molecule has 0 bridgehead atoms. The van der Waals surface area contributed by atoms with Gasteiger partial charge in [0.1, 0.15) is 0 Å². The minimum atomic E-state index is 0.548. The van der Waals surface area contributed by atoms with E-state index in [0.717, 1.165) is 12.6 Å². The molecule has 1 aromatic carbocycles. The molecule has 2 nitrogen and oxygen atoms in total. The molecule has 0 aromatic heterocycles. The van der Waals surface area contributed by atoms with Crippen molar-refractivity contribution in [3.05, 3.63) is 29.8 Å². The van der Waals surface area contributed by atoms with E-state index in [1.54, 1.807) is 0 Å². The van der Waals surface area contributed by atoms with E-state index in [1.807, 2.05) is 11.8 Å². The van der Waals surface area contributed by atoms with Crippen molar-refractivity contribution in [2.24, 2.45) is 0 Å². The number of rotatable bonds is 7. The Labute approximate surface area is 134 Å². The van der Waals surface area contributed by atoms with Gasteiger partial charge in [-0.1, -0.05) is 32.4 Å². The maximum absolute atomic E-state index is 3.46.